The van der Waals surface area contributed by atoms with Crippen LogP contribution in [0.4, 0.5) is 0 Å². The zero-order chi connectivity index (χ0) is 20.1. The molecule has 2 atom stereocenters. The summed E-state index contributed by atoms with van der Waals surface area (Å²) in [5.74, 6) is 2.39. The summed E-state index contributed by atoms with van der Waals surface area (Å²) < 4.78 is 0.436. The smallest absolute Gasteiger partial charge is 0.0984 e. The lowest BCUT2D eigenvalue weighted by molar-refractivity contribution is 0.161. The summed E-state index contributed by atoms with van der Waals surface area (Å²) in [6.45, 7) is 10.5. The van der Waals surface area contributed by atoms with Gasteiger partial charge in [0.1, 0.15) is 0 Å². The first-order valence-electron chi connectivity index (χ1n) is 10.0. The summed E-state index contributed by atoms with van der Waals surface area (Å²) in [5, 5.41) is 21.2. The van der Waals surface area contributed by atoms with Crippen molar-refractivity contribution in [2.24, 2.45) is 5.41 Å². The highest BCUT2D eigenvalue weighted by atomic mass is 32.2. The zero-order valence-corrected chi connectivity index (χ0v) is 19.1. The SMILES string of the molecule is CC1=C(/C=C/C(C)(O)/C=C/C(O)/C(C)=C/C2SCCCS2)C(C)(C)CCC1. The van der Waals surface area contributed by atoms with Gasteiger partial charge in [-0.1, -0.05) is 43.7 Å². The molecular formula is C23H36O2S2. The number of hydrogen-bond acceptors (Lipinski definition) is 4. The van der Waals surface area contributed by atoms with Gasteiger partial charge in [-0.15, -0.1) is 23.5 Å². The number of rotatable bonds is 6. The maximum Gasteiger partial charge on any atom is 0.0984 e. The van der Waals surface area contributed by atoms with Crippen LogP contribution in [0, 0.1) is 5.41 Å². The van der Waals surface area contributed by atoms with Crippen LogP contribution in [0.5, 0.6) is 0 Å². The van der Waals surface area contributed by atoms with Gasteiger partial charge in [-0.25, -0.2) is 0 Å². The molecule has 2 aliphatic rings. The molecular weight excluding hydrogens is 372 g/mol. The quantitative estimate of drug-likeness (QED) is 0.538. The Balaban J connectivity index is 2.02. The Hall–Kier alpha value is -0.420. The molecule has 2 nitrogen and oxygen atoms in total. The van der Waals surface area contributed by atoms with Crippen molar-refractivity contribution in [3.05, 3.63) is 47.1 Å². The van der Waals surface area contributed by atoms with Crippen molar-refractivity contribution in [1.29, 1.82) is 0 Å². The molecule has 0 saturated carbocycles. The van der Waals surface area contributed by atoms with Gasteiger partial charge in [0.25, 0.3) is 0 Å². The summed E-state index contributed by atoms with van der Waals surface area (Å²) >= 11 is 3.88. The lowest BCUT2D eigenvalue weighted by Crippen LogP contribution is -2.22. The van der Waals surface area contributed by atoms with Crippen LogP contribution in [-0.4, -0.2) is 38.0 Å². The van der Waals surface area contributed by atoms with Crippen molar-refractivity contribution in [3.8, 4) is 0 Å². The molecule has 152 valence electrons. The van der Waals surface area contributed by atoms with Crippen molar-refractivity contribution < 1.29 is 10.2 Å². The normalized spacial score (nSPS) is 26.0. The lowest BCUT2D eigenvalue weighted by atomic mass is 9.72. The molecule has 0 bridgehead atoms. The maximum absolute atomic E-state index is 10.7. The van der Waals surface area contributed by atoms with E-state index in [1.165, 1.54) is 41.9 Å². The monoisotopic (exact) mass is 408 g/mol. The molecule has 1 fully saturated rings. The predicted molar refractivity (Wildman–Crippen MR) is 122 cm³/mol. The minimum atomic E-state index is -1.07. The Labute approximate surface area is 174 Å². The molecule has 0 aromatic carbocycles. The topological polar surface area (TPSA) is 40.5 Å². The Kier molecular flexibility index (Phi) is 8.35. The van der Waals surface area contributed by atoms with E-state index in [1.807, 2.05) is 36.5 Å². The highest BCUT2D eigenvalue weighted by Crippen LogP contribution is 2.41. The van der Waals surface area contributed by atoms with Crippen LogP contribution < -0.4 is 0 Å². The van der Waals surface area contributed by atoms with Gasteiger partial charge in [0.15, 0.2) is 0 Å². The fourth-order valence-electron chi connectivity index (χ4n) is 3.67. The fraction of sp³-hybridized carbons (Fsp3) is 0.652. The molecule has 2 rings (SSSR count). The van der Waals surface area contributed by atoms with Crippen LogP contribution in [0.1, 0.15) is 60.3 Å². The van der Waals surface area contributed by atoms with Crippen LogP contribution in [0.2, 0.25) is 0 Å². The Morgan fingerprint density at radius 1 is 1.22 bits per heavy atom. The molecule has 27 heavy (non-hydrogen) atoms. The summed E-state index contributed by atoms with van der Waals surface area (Å²) in [5.41, 5.74) is 2.79. The van der Waals surface area contributed by atoms with E-state index >= 15 is 0 Å². The van der Waals surface area contributed by atoms with Crippen molar-refractivity contribution in [2.45, 2.75) is 76.6 Å². The van der Waals surface area contributed by atoms with Gasteiger partial charge in [-0.05, 0) is 80.6 Å². The first-order chi connectivity index (χ1) is 12.6. The molecule has 1 heterocycles. The average Bonchev–Trinajstić information content (AvgIpc) is 2.59. The predicted octanol–water partition coefficient (Wildman–Crippen LogP) is 5.88. The van der Waals surface area contributed by atoms with Crippen LogP contribution >= 0.6 is 23.5 Å². The van der Waals surface area contributed by atoms with E-state index in [2.05, 4.69) is 32.9 Å². The van der Waals surface area contributed by atoms with Crippen molar-refractivity contribution >= 4 is 23.5 Å². The van der Waals surface area contributed by atoms with Gasteiger partial charge in [0.05, 0.1) is 16.3 Å². The molecule has 0 aromatic rings. The van der Waals surface area contributed by atoms with Gasteiger partial charge in [-0.3, -0.25) is 0 Å². The van der Waals surface area contributed by atoms with E-state index in [0.717, 1.165) is 12.0 Å². The standard InChI is InChI=1S/C23H36O2S2/c1-17-8-6-11-22(3,4)19(17)9-12-23(5,25)13-10-20(24)18(2)16-21-26-14-7-15-27-21/h9-10,12-13,16,20-21,24-25H,6-8,11,14-15H2,1-5H3/b12-9+,13-10+,18-16+. The van der Waals surface area contributed by atoms with E-state index in [0.29, 0.717) is 4.58 Å². The van der Waals surface area contributed by atoms with E-state index in [-0.39, 0.29) is 5.41 Å². The summed E-state index contributed by atoms with van der Waals surface area (Å²) in [4.78, 5) is 0. The van der Waals surface area contributed by atoms with E-state index in [9.17, 15) is 10.2 Å². The Morgan fingerprint density at radius 2 is 1.89 bits per heavy atom. The van der Waals surface area contributed by atoms with Gasteiger partial charge in [0, 0.05) is 0 Å². The summed E-state index contributed by atoms with van der Waals surface area (Å²) in [6.07, 6.45) is 13.7. The minimum absolute atomic E-state index is 0.160. The molecule has 4 heteroatoms. The second kappa shape index (κ2) is 9.87. The van der Waals surface area contributed by atoms with Gasteiger partial charge >= 0.3 is 0 Å². The second-order valence-electron chi connectivity index (χ2n) is 8.67. The third kappa shape index (κ3) is 7.16. The van der Waals surface area contributed by atoms with Crippen LogP contribution in [0.15, 0.2) is 47.1 Å². The van der Waals surface area contributed by atoms with Crippen LogP contribution in [0.25, 0.3) is 0 Å². The third-order valence-electron chi connectivity index (χ3n) is 5.46. The van der Waals surface area contributed by atoms with Crippen LogP contribution in [-0.2, 0) is 0 Å². The van der Waals surface area contributed by atoms with Crippen molar-refractivity contribution in [1.82, 2.24) is 0 Å². The van der Waals surface area contributed by atoms with Gasteiger partial charge < -0.3 is 10.2 Å². The Morgan fingerprint density at radius 3 is 2.52 bits per heavy atom. The summed E-state index contributed by atoms with van der Waals surface area (Å²) in [6, 6.07) is 0. The average molecular weight is 409 g/mol. The van der Waals surface area contributed by atoms with Gasteiger partial charge in [0.2, 0.25) is 0 Å². The number of allylic oxidation sites excluding steroid dienone is 3. The molecule has 0 spiro atoms. The molecule has 2 unspecified atom stereocenters. The lowest BCUT2D eigenvalue weighted by Gasteiger charge is -2.33. The number of thioether (sulfide) groups is 2. The first kappa shape index (κ1) is 22.9. The highest BCUT2D eigenvalue weighted by Gasteiger charge is 2.27. The van der Waals surface area contributed by atoms with Crippen molar-refractivity contribution in [3.63, 3.8) is 0 Å². The molecule has 0 amide bonds. The molecule has 1 saturated heterocycles. The zero-order valence-electron chi connectivity index (χ0n) is 17.5. The highest BCUT2D eigenvalue weighted by molar-refractivity contribution is 8.17. The molecule has 2 N–H and O–H groups in total. The first-order valence-corrected chi connectivity index (χ1v) is 12.1. The maximum atomic E-state index is 10.7. The molecule has 1 aliphatic carbocycles. The molecule has 1 aliphatic heterocycles. The van der Waals surface area contributed by atoms with Crippen molar-refractivity contribution in [2.75, 3.05) is 11.5 Å². The van der Waals surface area contributed by atoms with E-state index in [1.54, 1.807) is 19.1 Å². The molecule has 0 radical (unpaired) electrons. The Bertz CT molecular complexity index is 620. The van der Waals surface area contributed by atoms with E-state index in [4.69, 9.17) is 0 Å². The van der Waals surface area contributed by atoms with E-state index < -0.39 is 11.7 Å². The number of hydrogen-bond donors (Lipinski definition) is 2. The fourth-order valence-corrected chi connectivity index (χ4v) is 6.52. The number of aliphatic hydroxyl groups is 2. The molecule has 0 aromatic heterocycles. The summed E-state index contributed by atoms with van der Waals surface area (Å²) in [7, 11) is 0. The largest absolute Gasteiger partial charge is 0.385 e. The minimum Gasteiger partial charge on any atom is -0.385 e. The van der Waals surface area contributed by atoms with Crippen LogP contribution in [0.3, 0.4) is 0 Å². The second-order valence-corrected chi connectivity index (χ2v) is 11.5. The number of aliphatic hydroxyl groups excluding tert-OH is 1. The van der Waals surface area contributed by atoms with Gasteiger partial charge in [-0.2, -0.15) is 0 Å². The third-order valence-corrected chi connectivity index (χ3v) is 8.26.